The third-order valence-corrected chi connectivity index (χ3v) is 2.36. The van der Waals surface area contributed by atoms with Crippen molar-refractivity contribution in [1.82, 2.24) is 4.90 Å². The summed E-state index contributed by atoms with van der Waals surface area (Å²) in [5.74, 6) is 0.754. The Morgan fingerprint density at radius 2 is 1.89 bits per heavy atom. The van der Waals surface area contributed by atoms with Crippen LogP contribution in [0.4, 0.5) is 11.4 Å². The standard InChI is InChI=1S/C13H19N3O2.ClH/c1-10(16(2)3)14-11-5-7-12(8-6-11)15-13(17)9-18-4;/h5-8H,9H2,1-4H3,(H,15,17);1H. The van der Waals surface area contributed by atoms with Crippen LogP contribution in [0.15, 0.2) is 29.3 Å². The smallest absolute Gasteiger partial charge is 0.250 e. The molecule has 1 amide bonds. The summed E-state index contributed by atoms with van der Waals surface area (Å²) in [5, 5.41) is 2.72. The fraction of sp³-hybridized carbons (Fsp3) is 0.385. The van der Waals surface area contributed by atoms with E-state index in [9.17, 15) is 4.79 Å². The third-order valence-electron chi connectivity index (χ3n) is 2.36. The van der Waals surface area contributed by atoms with E-state index in [-0.39, 0.29) is 24.9 Å². The number of hydrogen-bond donors (Lipinski definition) is 1. The Labute approximate surface area is 120 Å². The van der Waals surface area contributed by atoms with Crippen LogP contribution in [0, 0.1) is 0 Å². The zero-order chi connectivity index (χ0) is 13.5. The highest BCUT2D eigenvalue weighted by molar-refractivity contribution is 5.91. The Bertz CT molecular complexity index is 430. The lowest BCUT2D eigenvalue weighted by atomic mass is 10.3. The van der Waals surface area contributed by atoms with E-state index in [1.165, 1.54) is 7.11 Å². The predicted octanol–water partition coefficient (Wildman–Crippen LogP) is 2.30. The Hall–Kier alpha value is -1.59. The van der Waals surface area contributed by atoms with Crippen LogP contribution in [0.5, 0.6) is 0 Å². The van der Waals surface area contributed by atoms with Crippen LogP contribution < -0.4 is 5.32 Å². The van der Waals surface area contributed by atoms with Crippen LogP contribution >= 0.6 is 12.4 Å². The molecule has 0 spiro atoms. The van der Waals surface area contributed by atoms with E-state index >= 15 is 0 Å². The number of amides is 1. The number of benzene rings is 1. The number of halogens is 1. The summed E-state index contributed by atoms with van der Waals surface area (Å²) in [6, 6.07) is 7.34. The number of aliphatic imine (C=N–C) groups is 1. The molecule has 0 radical (unpaired) electrons. The number of hydrogen-bond acceptors (Lipinski definition) is 3. The van der Waals surface area contributed by atoms with E-state index in [4.69, 9.17) is 4.74 Å². The van der Waals surface area contributed by atoms with Gasteiger partial charge in [0.15, 0.2) is 0 Å². The molecule has 0 heterocycles. The van der Waals surface area contributed by atoms with Gasteiger partial charge in [-0.25, -0.2) is 4.99 Å². The van der Waals surface area contributed by atoms with Gasteiger partial charge in [0.25, 0.3) is 0 Å². The Morgan fingerprint density at radius 3 is 2.37 bits per heavy atom. The molecule has 6 heteroatoms. The second-order valence-corrected chi connectivity index (χ2v) is 4.08. The first kappa shape index (κ1) is 17.4. The number of methoxy groups -OCH3 is 1. The highest BCUT2D eigenvalue weighted by Gasteiger charge is 2.01. The Kier molecular flexibility index (Phi) is 7.79. The molecular weight excluding hydrogens is 266 g/mol. The minimum absolute atomic E-state index is 0. The van der Waals surface area contributed by atoms with Crippen LogP contribution in [-0.4, -0.2) is 44.5 Å². The summed E-state index contributed by atoms with van der Waals surface area (Å²) in [6.45, 7) is 1.99. The molecule has 5 nitrogen and oxygen atoms in total. The van der Waals surface area contributed by atoms with Crippen LogP contribution in [0.25, 0.3) is 0 Å². The average molecular weight is 286 g/mol. The molecular formula is C13H20ClN3O2. The molecule has 0 aromatic heterocycles. The van der Waals surface area contributed by atoms with Gasteiger partial charge in [-0.3, -0.25) is 4.79 Å². The molecule has 0 aliphatic heterocycles. The quantitative estimate of drug-likeness (QED) is 0.682. The summed E-state index contributed by atoms with van der Waals surface area (Å²) in [6.07, 6.45) is 0. The van der Waals surface area contributed by atoms with E-state index in [0.717, 1.165) is 17.2 Å². The van der Waals surface area contributed by atoms with Gasteiger partial charge in [-0.15, -0.1) is 12.4 Å². The average Bonchev–Trinajstić information content (AvgIpc) is 2.31. The maximum Gasteiger partial charge on any atom is 0.250 e. The fourth-order valence-corrected chi connectivity index (χ4v) is 1.23. The highest BCUT2D eigenvalue weighted by atomic mass is 35.5. The van der Waals surface area contributed by atoms with Gasteiger partial charge in [-0.2, -0.15) is 0 Å². The predicted molar refractivity (Wildman–Crippen MR) is 80.7 cm³/mol. The number of carbonyl (C=O) groups excluding carboxylic acids is 1. The second kappa shape index (κ2) is 8.50. The zero-order valence-electron chi connectivity index (χ0n) is 11.6. The van der Waals surface area contributed by atoms with Crippen molar-refractivity contribution >= 4 is 35.5 Å². The summed E-state index contributed by atoms with van der Waals surface area (Å²) < 4.78 is 4.74. The topological polar surface area (TPSA) is 53.9 Å². The van der Waals surface area contributed by atoms with Gasteiger partial charge in [0.1, 0.15) is 12.4 Å². The third kappa shape index (κ3) is 6.22. The first-order valence-electron chi connectivity index (χ1n) is 5.64. The Balaban J connectivity index is 0.00000324. The summed E-state index contributed by atoms with van der Waals surface area (Å²) in [7, 11) is 5.37. The molecule has 106 valence electrons. The number of ether oxygens (including phenoxy) is 1. The summed E-state index contributed by atoms with van der Waals surface area (Å²) in [4.78, 5) is 17.7. The summed E-state index contributed by atoms with van der Waals surface area (Å²) >= 11 is 0. The normalized spacial score (nSPS) is 10.6. The van der Waals surface area contributed by atoms with Crippen molar-refractivity contribution < 1.29 is 9.53 Å². The first-order chi connectivity index (χ1) is 8.52. The van der Waals surface area contributed by atoms with Crippen LogP contribution in [0.2, 0.25) is 0 Å². The molecule has 0 atom stereocenters. The minimum Gasteiger partial charge on any atom is -0.375 e. The maximum absolute atomic E-state index is 11.3. The molecule has 0 unspecified atom stereocenters. The van der Waals surface area contributed by atoms with E-state index in [1.807, 2.05) is 50.2 Å². The van der Waals surface area contributed by atoms with Gasteiger partial charge >= 0.3 is 0 Å². The van der Waals surface area contributed by atoms with Crippen molar-refractivity contribution in [3.05, 3.63) is 24.3 Å². The number of nitrogens with zero attached hydrogens (tertiary/aromatic N) is 2. The Morgan fingerprint density at radius 1 is 1.32 bits per heavy atom. The lowest BCUT2D eigenvalue weighted by molar-refractivity contribution is -0.119. The van der Waals surface area contributed by atoms with E-state index in [0.29, 0.717) is 0 Å². The molecule has 1 aromatic carbocycles. The van der Waals surface area contributed by atoms with Crippen molar-refractivity contribution in [1.29, 1.82) is 0 Å². The van der Waals surface area contributed by atoms with Crippen LogP contribution in [0.3, 0.4) is 0 Å². The molecule has 0 aliphatic rings. The number of nitrogens with one attached hydrogen (secondary N) is 1. The first-order valence-corrected chi connectivity index (χ1v) is 5.64. The molecule has 1 aromatic rings. The van der Waals surface area contributed by atoms with Crippen molar-refractivity contribution in [2.45, 2.75) is 6.92 Å². The van der Waals surface area contributed by atoms with Crippen molar-refractivity contribution in [2.24, 2.45) is 4.99 Å². The summed E-state index contributed by atoms with van der Waals surface area (Å²) in [5.41, 5.74) is 1.59. The molecule has 1 rings (SSSR count). The second-order valence-electron chi connectivity index (χ2n) is 4.08. The maximum atomic E-state index is 11.3. The SMILES string of the molecule is COCC(=O)Nc1ccc(N=C(C)N(C)C)cc1.Cl. The number of rotatable bonds is 4. The lowest BCUT2D eigenvalue weighted by Crippen LogP contribution is -2.18. The van der Waals surface area contributed by atoms with Gasteiger partial charge in [-0.1, -0.05) is 0 Å². The van der Waals surface area contributed by atoms with Crippen LogP contribution in [-0.2, 0) is 9.53 Å². The van der Waals surface area contributed by atoms with Gasteiger partial charge in [0, 0.05) is 26.9 Å². The molecule has 0 bridgehead atoms. The van der Waals surface area contributed by atoms with E-state index in [1.54, 1.807) is 0 Å². The largest absolute Gasteiger partial charge is 0.375 e. The molecule has 0 saturated heterocycles. The van der Waals surface area contributed by atoms with Crippen LogP contribution in [0.1, 0.15) is 6.92 Å². The van der Waals surface area contributed by atoms with E-state index in [2.05, 4.69) is 10.3 Å². The van der Waals surface area contributed by atoms with Gasteiger partial charge in [-0.05, 0) is 31.2 Å². The highest BCUT2D eigenvalue weighted by Crippen LogP contribution is 2.16. The number of carbonyl (C=O) groups is 1. The van der Waals surface area contributed by atoms with Gasteiger partial charge < -0.3 is 15.0 Å². The van der Waals surface area contributed by atoms with E-state index < -0.39 is 0 Å². The number of anilines is 1. The lowest BCUT2D eigenvalue weighted by Gasteiger charge is -2.11. The minimum atomic E-state index is -0.168. The van der Waals surface area contributed by atoms with Crippen molar-refractivity contribution in [2.75, 3.05) is 33.1 Å². The molecule has 0 saturated carbocycles. The molecule has 0 fully saturated rings. The molecule has 1 N–H and O–H groups in total. The van der Waals surface area contributed by atoms with Crippen molar-refractivity contribution in [3.8, 4) is 0 Å². The molecule has 0 aliphatic carbocycles. The van der Waals surface area contributed by atoms with Gasteiger partial charge in [0.05, 0.1) is 5.69 Å². The fourth-order valence-electron chi connectivity index (χ4n) is 1.23. The zero-order valence-corrected chi connectivity index (χ0v) is 12.5. The molecule has 19 heavy (non-hydrogen) atoms. The van der Waals surface area contributed by atoms with Gasteiger partial charge in [0.2, 0.25) is 5.91 Å². The number of amidine groups is 1. The van der Waals surface area contributed by atoms with Crippen molar-refractivity contribution in [3.63, 3.8) is 0 Å². The monoisotopic (exact) mass is 285 g/mol.